The lowest BCUT2D eigenvalue weighted by Crippen LogP contribution is -2.23. The molecular formula is C14H12N6O4S2. The molecule has 0 saturated heterocycles. The molecule has 0 aliphatic rings. The molecule has 0 aliphatic heterocycles. The fraction of sp³-hybridized carbons (Fsp3) is 0.0714. The van der Waals surface area contributed by atoms with E-state index in [2.05, 4.69) is 25.6 Å². The highest BCUT2D eigenvalue weighted by Gasteiger charge is 2.16. The molecule has 12 heteroatoms. The maximum atomic E-state index is 12.1. The number of rotatable bonds is 6. The summed E-state index contributed by atoms with van der Waals surface area (Å²) >= 11 is 2.28. The van der Waals surface area contributed by atoms with Crippen molar-refractivity contribution in [2.45, 2.75) is 5.16 Å². The number of hydrogen-bond acceptors (Lipinski definition) is 9. The number of aromatic nitrogens is 3. The van der Waals surface area contributed by atoms with Crippen molar-refractivity contribution in [1.82, 2.24) is 15.0 Å². The molecular weight excluding hydrogens is 380 g/mol. The Morgan fingerprint density at radius 1 is 1.38 bits per heavy atom. The SMILES string of the molecule is Nc1nc(SCC(=O)Nc2nccs2)[nH]c(=O)c1NC(=O)c1ccco1. The van der Waals surface area contributed by atoms with Gasteiger partial charge >= 0.3 is 0 Å². The van der Waals surface area contributed by atoms with E-state index < -0.39 is 11.5 Å². The monoisotopic (exact) mass is 392 g/mol. The molecule has 0 aromatic carbocycles. The van der Waals surface area contributed by atoms with E-state index in [0.717, 1.165) is 11.8 Å². The number of aromatic amines is 1. The molecule has 0 bridgehead atoms. The Morgan fingerprint density at radius 2 is 2.23 bits per heavy atom. The first-order valence-corrected chi connectivity index (χ1v) is 8.96. The fourth-order valence-electron chi connectivity index (χ4n) is 1.82. The van der Waals surface area contributed by atoms with Gasteiger partial charge in [-0.1, -0.05) is 11.8 Å². The summed E-state index contributed by atoms with van der Waals surface area (Å²) in [4.78, 5) is 46.2. The fourth-order valence-corrected chi connectivity index (χ4v) is 3.03. The van der Waals surface area contributed by atoms with Gasteiger partial charge in [0.05, 0.1) is 12.0 Å². The largest absolute Gasteiger partial charge is 0.459 e. The van der Waals surface area contributed by atoms with Gasteiger partial charge in [-0.2, -0.15) is 0 Å². The van der Waals surface area contributed by atoms with Crippen LogP contribution >= 0.6 is 23.1 Å². The zero-order chi connectivity index (χ0) is 18.5. The topological polar surface area (TPSA) is 156 Å². The number of amides is 2. The Balaban J connectivity index is 1.64. The van der Waals surface area contributed by atoms with Crippen LogP contribution in [0.2, 0.25) is 0 Å². The van der Waals surface area contributed by atoms with E-state index in [9.17, 15) is 14.4 Å². The highest BCUT2D eigenvalue weighted by atomic mass is 32.2. The van der Waals surface area contributed by atoms with Crippen molar-refractivity contribution in [2.24, 2.45) is 0 Å². The molecule has 134 valence electrons. The van der Waals surface area contributed by atoms with Crippen molar-refractivity contribution in [3.63, 3.8) is 0 Å². The van der Waals surface area contributed by atoms with Gasteiger partial charge in [-0.05, 0) is 12.1 Å². The maximum Gasteiger partial charge on any atom is 0.291 e. The predicted octanol–water partition coefficient (Wildman–Crippen LogP) is 1.38. The molecule has 3 aromatic heterocycles. The number of carbonyl (C=O) groups excluding carboxylic acids is 2. The summed E-state index contributed by atoms with van der Waals surface area (Å²) in [5.74, 6) is -1.07. The highest BCUT2D eigenvalue weighted by Crippen LogP contribution is 2.18. The second-order valence-electron chi connectivity index (χ2n) is 4.74. The second-order valence-corrected chi connectivity index (χ2v) is 6.60. The number of nitrogen functional groups attached to an aromatic ring is 1. The van der Waals surface area contributed by atoms with Gasteiger partial charge in [-0.3, -0.25) is 19.4 Å². The molecule has 5 N–H and O–H groups in total. The van der Waals surface area contributed by atoms with Crippen molar-refractivity contribution in [1.29, 1.82) is 0 Å². The molecule has 0 spiro atoms. The number of carbonyl (C=O) groups is 2. The predicted molar refractivity (Wildman–Crippen MR) is 97.4 cm³/mol. The Bertz CT molecular complexity index is 968. The highest BCUT2D eigenvalue weighted by molar-refractivity contribution is 7.99. The Labute approximate surface area is 154 Å². The third kappa shape index (κ3) is 4.29. The van der Waals surface area contributed by atoms with Crippen molar-refractivity contribution < 1.29 is 14.0 Å². The van der Waals surface area contributed by atoms with E-state index in [0.29, 0.717) is 5.13 Å². The van der Waals surface area contributed by atoms with Crippen LogP contribution in [0.15, 0.2) is 44.3 Å². The van der Waals surface area contributed by atoms with Gasteiger partial charge in [0.25, 0.3) is 11.5 Å². The number of anilines is 3. The Hall–Kier alpha value is -3.12. The minimum Gasteiger partial charge on any atom is -0.459 e. The first-order valence-electron chi connectivity index (χ1n) is 7.09. The molecule has 0 fully saturated rings. The van der Waals surface area contributed by atoms with E-state index >= 15 is 0 Å². The van der Waals surface area contributed by atoms with Crippen molar-refractivity contribution in [3.05, 3.63) is 46.1 Å². The third-order valence-corrected chi connectivity index (χ3v) is 4.49. The molecule has 3 heterocycles. The average molecular weight is 392 g/mol. The summed E-state index contributed by atoms with van der Waals surface area (Å²) in [6.45, 7) is 0. The summed E-state index contributed by atoms with van der Waals surface area (Å²) in [5, 5.41) is 7.31. The summed E-state index contributed by atoms with van der Waals surface area (Å²) in [5.41, 5.74) is 4.91. The molecule has 0 aliphatic carbocycles. The average Bonchev–Trinajstić information content (AvgIpc) is 3.29. The normalized spacial score (nSPS) is 10.5. The van der Waals surface area contributed by atoms with Gasteiger partial charge in [0.1, 0.15) is 0 Å². The summed E-state index contributed by atoms with van der Waals surface area (Å²) in [7, 11) is 0. The van der Waals surface area contributed by atoms with Gasteiger partial charge in [0.2, 0.25) is 5.91 Å². The van der Waals surface area contributed by atoms with Gasteiger partial charge in [-0.15, -0.1) is 11.3 Å². The minimum atomic E-state index is -0.639. The quantitative estimate of drug-likeness (QED) is 0.362. The van der Waals surface area contributed by atoms with E-state index in [1.807, 2.05) is 0 Å². The number of thioether (sulfide) groups is 1. The van der Waals surface area contributed by atoms with Crippen LogP contribution in [-0.4, -0.2) is 32.5 Å². The van der Waals surface area contributed by atoms with E-state index in [1.165, 1.54) is 29.7 Å². The molecule has 26 heavy (non-hydrogen) atoms. The number of H-pyrrole nitrogens is 1. The molecule has 3 aromatic rings. The third-order valence-electron chi connectivity index (χ3n) is 2.93. The standard InChI is InChI=1S/C14H12N6O4S2/c15-10-9(18-11(22)7-2-1-4-24-7)12(23)20-14(19-10)26-6-8(21)17-13-16-3-5-25-13/h1-5H,6H2,(H,18,22)(H,16,17,21)(H3,15,19,20,23). The van der Waals surface area contributed by atoms with E-state index in [1.54, 1.807) is 11.6 Å². The van der Waals surface area contributed by atoms with Gasteiger partial charge in [-0.25, -0.2) is 9.97 Å². The molecule has 0 atom stereocenters. The number of hydrogen-bond donors (Lipinski definition) is 4. The second kappa shape index (κ2) is 7.84. The lowest BCUT2D eigenvalue weighted by Gasteiger charge is -2.07. The molecule has 2 amide bonds. The zero-order valence-corrected chi connectivity index (χ0v) is 14.6. The van der Waals surface area contributed by atoms with E-state index in [4.69, 9.17) is 10.2 Å². The van der Waals surface area contributed by atoms with Crippen LogP contribution in [0.5, 0.6) is 0 Å². The first kappa shape index (κ1) is 17.7. The number of nitrogens with one attached hydrogen (secondary N) is 3. The zero-order valence-electron chi connectivity index (χ0n) is 13.0. The number of nitrogens with two attached hydrogens (primary N) is 1. The number of furan rings is 1. The number of nitrogens with zero attached hydrogens (tertiary/aromatic N) is 2. The van der Waals surface area contributed by atoms with Crippen molar-refractivity contribution in [3.8, 4) is 0 Å². The maximum absolute atomic E-state index is 12.1. The minimum absolute atomic E-state index is 0.0000607. The molecule has 10 nitrogen and oxygen atoms in total. The van der Waals surface area contributed by atoms with Crippen LogP contribution in [0.1, 0.15) is 10.6 Å². The van der Waals surface area contributed by atoms with Gasteiger partial charge < -0.3 is 20.8 Å². The summed E-state index contributed by atoms with van der Waals surface area (Å²) in [6, 6.07) is 2.98. The Morgan fingerprint density at radius 3 is 2.88 bits per heavy atom. The summed E-state index contributed by atoms with van der Waals surface area (Å²) < 4.78 is 4.94. The first-order chi connectivity index (χ1) is 12.5. The molecule has 0 saturated carbocycles. The molecule has 0 unspecified atom stereocenters. The Kier molecular flexibility index (Phi) is 5.34. The van der Waals surface area contributed by atoms with Crippen LogP contribution in [-0.2, 0) is 4.79 Å². The summed E-state index contributed by atoms with van der Waals surface area (Å²) in [6.07, 6.45) is 2.90. The van der Waals surface area contributed by atoms with Crippen molar-refractivity contribution in [2.75, 3.05) is 22.1 Å². The van der Waals surface area contributed by atoms with Crippen LogP contribution in [0, 0.1) is 0 Å². The molecule has 0 radical (unpaired) electrons. The van der Waals surface area contributed by atoms with Gasteiger partial charge in [0.15, 0.2) is 27.6 Å². The van der Waals surface area contributed by atoms with Gasteiger partial charge in [0, 0.05) is 11.6 Å². The van der Waals surface area contributed by atoms with E-state index in [-0.39, 0.29) is 34.1 Å². The van der Waals surface area contributed by atoms with Crippen LogP contribution in [0.3, 0.4) is 0 Å². The smallest absolute Gasteiger partial charge is 0.291 e. The van der Waals surface area contributed by atoms with Crippen molar-refractivity contribution >= 4 is 51.5 Å². The number of thiazole rings is 1. The van der Waals surface area contributed by atoms with Crippen LogP contribution in [0.25, 0.3) is 0 Å². The van der Waals surface area contributed by atoms with Crippen LogP contribution in [0.4, 0.5) is 16.6 Å². The lowest BCUT2D eigenvalue weighted by molar-refractivity contribution is -0.113. The molecule has 3 rings (SSSR count). The lowest BCUT2D eigenvalue weighted by atomic mass is 10.4. The van der Waals surface area contributed by atoms with Crippen LogP contribution < -0.4 is 21.9 Å².